The molecular weight excluding hydrogens is 302 g/mol. The van der Waals surface area contributed by atoms with Crippen molar-refractivity contribution in [1.29, 1.82) is 0 Å². The summed E-state index contributed by atoms with van der Waals surface area (Å²) in [5.41, 5.74) is 1.28. The van der Waals surface area contributed by atoms with Crippen LogP contribution in [0, 0.1) is 0 Å². The van der Waals surface area contributed by atoms with E-state index in [1.807, 2.05) is 0 Å². The second-order valence-electron chi connectivity index (χ2n) is 5.12. The molecule has 0 radical (unpaired) electrons. The Bertz CT molecular complexity index is 525. The average Bonchev–Trinajstić information content (AvgIpc) is 2.80. The summed E-state index contributed by atoms with van der Waals surface area (Å²) in [6, 6.07) is -0.380. The van der Waals surface area contributed by atoms with E-state index in [4.69, 9.17) is 15.3 Å². The molecule has 1 atom stereocenters. The van der Waals surface area contributed by atoms with E-state index in [9.17, 15) is 9.59 Å². The van der Waals surface area contributed by atoms with Crippen LogP contribution in [0.2, 0.25) is 0 Å². The number of nitrogens with zero attached hydrogens (tertiary/aromatic N) is 2. The van der Waals surface area contributed by atoms with Gasteiger partial charge in [0.2, 0.25) is 0 Å². The zero-order valence-corrected chi connectivity index (χ0v) is 13.7. The SMILES string of the molecule is C=CCc1nc(CCO)[nH]c1CC(=O)O.CC(C(=O)O)N(C)C. The standard InChI is InChI=1S/C10H14N2O3.C5H11NO2/c1-2-3-7-8(6-10(14)15)12-9(11-7)4-5-13;1-4(5(7)8)6(2)3/h2,13H,1,3-6H2,(H,11,12)(H,14,15);4H,1-3H3,(H,7,8). The van der Waals surface area contributed by atoms with Crippen LogP contribution in [-0.2, 0) is 28.9 Å². The normalized spacial score (nSPS) is 11.5. The molecule has 23 heavy (non-hydrogen) atoms. The predicted molar refractivity (Wildman–Crippen MR) is 85.4 cm³/mol. The summed E-state index contributed by atoms with van der Waals surface area (Å²) in [5, 5.41) is 25.7. The van der Waals surface area contributed by atoms with Gasteiger partial charge in [0.25, 0.3) is 0 Å². The number of carboxylic acids is 2. The molecular formula is C15H25N3O5. The van der Waals surface area contributed by atoms with E-state index in [-0.39, 0.29) is 19.1 Å². The maximum Gasteiger partial charge on any atom is 0.320 e. The number of carbonyl (C=O) groups is 2. The van der Waals surface area contributed by atoms with Gasteiger partial charge in [0.1, 0.15) is 11.9 Å². The van der Waals surface area contributed by atoms with Gasteiger partial charge in [0.15, 0.2) is 0 Å². The third-order valence-electron chi connectivity index (χ3n) is 3.06. The van der Waals surface area contributed by atoms with Crippen molar-refractivity contribution < 1.29 is 24.9 Å². The molecule has 130 valence electrons. The number of aromatic amines is 1. The minimum Gasteiger partial charge on any atom is -0.481 e. The summed E-state index contributed by atoms with van der Waals surface area (Å²) >= 11 is 0. The topological polar surface area (TPSA) is 127 Å². The van der Waals surface area contributed by atoms with Gasteiger partial charge in [-0.1, -0.05) is 6.08 Å². The van der Waals surface area contributed by atoms with Gasteiger partial charge in [-0.3, -0.25) is 14.5 Å². The fraction of sp³-hybridized carbons (Fsp3) is 0.533. The number of H-pyrrole nitrogens is 1. The van der Waals surface area contributed by atoms with Gasteiger partial charge < -0.3 is 20.3 Å². The van der Waals surface area contributed by atoms with Crippen LogP contribution in [-0.4, -0.2) is 68.9 Å². The quantitative estimate of drug-likeness (QED) is 0.506. The maximum atomic E-state index is 10.6. The Hall–Kier alpha value is -2.19. The second kappa shape index (κ2) is 10.5. The highest BCUT2D eigenvalue weighted by Gasteiger charge is 2.12. The van der Waals surface area contributed by atoms with E-state index in [1.54, 1.807) is 32.0 Å². The molecule has 1 aromatic heterocycles. The highest BCUT2D eigenvalue weighted by atomic mass is 16.4. The molecule has 0 aliphatic carbocycles. The zero-order chi connectivity index (χ0) is 18.0. The third kappa shape index (κ3) is 8.12. The summed E-state index contributed by atoms with van der Waals surface area (Å²) in [4.78, 5) is 29.4. The fourth-order valence-electron chi connectivity index (χ4n) is 1.55. The van der Waals surface area contributed by atoms with Crippen molar-refractivity contribution in [3.8, 4) is 0 Å². The van der Waals surface area contributed by atoms with E-state index in [1.165, 1.54) is 0 Å². The molecule has 0 saturated carbocycles. The molecule has 0 spiro atoms. The lowest BCUT2D eigenvalue weighted by atomic mass is 10.2. The first kappa shape index (κ1) is 20.8. The van der Waals surface area contributed by atoms with E-state index < -0.39 is 11.9 Å². The van der Waals surface area contributed by atoms with Gasteiger partial charge in [-0.05, 0) is 21.0 Å². The molecule has 1 aromatic rings. The van der Waals surface area contributed by atoms with Crippen molar-refractivity contribution in [2.24, 2.45) is 0 Å². The molecule has 0 aliphatic heterocycles. The van der Waals surface area contributed by atoms with Crippen LogP contribution >= 0.6 is 0 Å². The van der Waals surface area contributed by atoms with Gasteiger partial charge >= 0.3 is 11.9 Å². The van der Waals surface area contributed by atoms with Crippen LogP contribution < -0.4 is 0 Å². The van der Waals surface area contributed by atoms with Crippen molar-refractivity contribution in [2.75, 3.05) is 20.7 Å². The summed E-state index contributed by atoms with van der Waals surface area (Å²) < 4.78 is 0. The monoisotopic (exact) mass is 327 g/mol. The number of carboxylic acid groups (broad SMARTS) is 2. The van der Waals surface area contributed by atoms with Crippen molar-refractivity contribution in [2.45, 2.75) is 32.2 Å². The van der Waals surface area contributed by atoms with Crippen molar-refractivity contribution in [1.82, 2.24) is 14.9 Å². The Morgan fingerprint density at radius 3 is 2.35 bits per heavy atom. The summed E-state index contributed by atoms with van der Waals surface area (Å²) in [6.45, 7) is 5.22. The molecule has 8 heteroatoms. The first-order valence-corrected chi connectivity index (χ1v) is 7.12. The Kier molecular flexibility index (Phi) is 9.52. The number of aromatic nitrogens is 2. The molecule has 0 fully saturated rings. The highest BCUT2D eigenvalue weighted by Crippen LogP contribution is 2.09. The first-order chi connectivity index (χ1) is 10.7. The lowest BCUT2D eigenvalue weighted by Gasteiger charge is -2.13. The number of hydrogen-bond donors (Lipinski definition) is 4. The molecule has 0 amide bonds. The Labute approximate surface area is 135 Å². The zero-order valence-electron chi connectivity index (χ0n) is 13.7. The number of aliphatic hydroxyl groups excluding tert-OH is 1. The minimum absolute atomic E-state index is 0.00639. The van der Waals surface area contributed by atoms with Gasteiger partial charge in [0, 0.05) is 18.5 Å². The number of aliphatic carboxylic acids is 2. The number of aliphatic hydroxyl groups is 1. The first-order valence-electron chi connectivity index (χ1n) is 7.12. The third-order valence-corrected chi connectivity index (χ3v) is 3.06. The van der Waals surface area contributed by atoms with Crippen LogP contribution in [0.4, 0.5) is 0 Å². The van der Waals surface area contributed by atoms with Gasteiger partial charge in [-0.2, -0.15) is 0 Å². The summed E-state index contributed by atoms with van der Waals surface area (Å²) in [6.07, 6.45) is 2.53. The lowest BCUT2D eigenvalue weighted by molar-refractivity contribution is -0.141. The van der Waals surface area contributed by atoms with Gasteiger partial charge in [-0.25, -0.2) is 4.98 Å². The van der Waals surface area contributed by atoms with Crippen LogP contribution in [0.3, 0.4) is 0 Å². The molecule has 4 N–H and O–H groups in total. The van der Waals surface area contributed by atoms with E-state index in [0.717, 1.165) is 0 Å². The van der Waals surface area contributed by atoms with Crippen LogP contribution in [0.25, 0.3) is 0 Å². The minimum atomic E-state index is -0.903. The molecule has 1 unspecified atom stereocenters. The number of imidazole rings is 1. The molecule has 0 aliphatic rings. The van der Waals surface area contributed by atoms with Crippen molar-refractivity contribution in [3.05, 3.63) is 29.9 Å². The second-order valence-corrected chi connectivity index (χ2v) is 5.12. The molecule has 8 nitrogen and oxygen atoms in total. The number of rotatable bonds is 8. The molecule has 0 aromatic carbocycles. The molecule has 1 heterocycles. The Morgan fingerprint density at radius 2 is 2.00 bits per heavy atom. The van der Waals surface area contributed by atoms with E-state index in [0.29, 0.717) is 30.1 Å². The number of allylic oxidation sites excluding steroid dienone is 1. The fourth-order valence-corrected chi connectivity index (χ4v) is 1.55. The van der Waals surface area contributed by atoms with Gasteiger partial charge in [0.05, 0.1) is 18.7 Å². The Balaban J connectivity index is 0.000000515. The van der Waals surface area contributed by atoms with Crippen LogP contribution in [0.15, 0.2) is 12.7 Å². The van der Waals surface area contributed by atoms with E-state index >= 15 is 0 Å². The average molecular weight is 327 g/mol. The van der Waals surface area contributed by atoms with Gasteiger partial charge in [-0.15, -0.1) is 6.58 Å². The number of hydrogen-bond acceptors (Lipinski definition) is 5. The predicted octanol–water partition coefficient (Wildman–Crippen LogP) is 0.321. The maximum absolute atomic E-state index is 10.6. The number of nitrogens with one attached hydrogen (secondary N) is 1. The van der Waals surface area contributed by atoms with Crippen molar-refractivity contribution >= 4 is 11.9 Å². The van der Waals surface area contributed by atoms with Crippen LogP contribution in [0.1, 0.15) is 24.1 Å². The largest absolute Gasteiger partial charge is 0.481 e. The lowest BCUT2D eigenvalue weighted by Crippen LogP contribution is -2.32. The van der Waals surface area contributed by atoms with E-state index in [2.05, 4.69) is 16.5 Å². The van der Waals surface area contributed by atoms with Crippen molar-refractivity contribution in [3.63, 3.8) is 0 Å². The van der Waals surface area contributed by atoms with Crippen LogP contribution in [0.5, 0.6) is 0 Å². The summed E-state index contributed by atoms with van der Waals surface area (Å²) in [5.74, 6) is -1.07. The summed E-state index contributed by atoms with van der Waals surface area (Å²) in [7, 11) is 3.47. The molecule has 0 bridgehead atoms. The number of likely N-dealkylation sites (N-methyl/N-ethyl adjacent to an activating group) is 1. The Morgan fingerprint density at radius 1 is 1.39 bits per heavy atom. The molecule has 1 rings (SSSR count). The smallest absolute Gasteiger partial charge is 0.320 e. The highest BCUT2D eigenvalue weighted by molar-refractivity contribution is 5.72. The molecule has 0 saturated heterocycles.